The first kappa shape index (κ1) is 21.5. The van der Waals surface area contributed by atoms with Crippen LogP contribution in [-0.4, -0.2) is 25.2 Å². The molecular formula is C21H37N3O. The third-order valence-corrected chi connectivity index (χ3v) is 4.93. The number of methoxy groups -OCH3 is 1. The van der Waals surface area contributed by atoms with Crippen LogP contribution in [0.2, 0.25) is 0 Å². The molecule has 0 spiro atoms. The quantitative estimate of drug-likeness (QED) is 0.318. The Labute approximate surface area is 154 Å². The van der Waals surface area contributed by atoms with Gasteiger partial charge in [-0.2, -0.15) is 0 Å². The predicted molar refractivity (Wildman–Crippen MR) is 108 cm³/mol. The van der Waals surface area contributed by atoms with E-state index < -0.39 is 0 Å². The molecule has 1 aromatic carbocycles. The molecule has 1 rings (SSSR count). The summed E-state index contributed by atoms with van der Waals surface area (Å²) in [5.74, 6) is 0.723. The molecule has 0 aliphatic heterocycles. The Hall–Kier alpha value is -1.55. The van der Waals surface area contributed by atoms with Gasteiger partial charge in [0.15, 0.2) is 5.96 Å². The Morgan fingerprint density at radius 3 is 2.36 bits per heavy atom. The van der Waals surface area contributed by atoms with Gasteiger partial charge < -0.3 is 16.2 Å². The van der Waals surface area contributed by atoms with Gasteiger partial charge in [0, 0.05) is 7.11 Å². The zero-order chi connectivity index (χ0) is 18.5. The molecule has 0 saturated carbocycles. The molecule has 0 amide bonds. The lowest BCUT2D eigenvalue weighted by Crippen LogP contribution is -2.31. The van der Waals surface area contributed by atoms with Crippen molar-refractivity contribution in [1.82, 2.24) is 0 Å². The Morgan fingerprint density at radius 1 is 1.08 bits per heavy atom. The molecule has 0 aliphatic carbocycles. The molecular weight excluding hydrogens is 310 g/mol. The van der Waals surface area contributed by atoms with Crippen LogP contribution in [0.5, 0.6) is 0 Å². The first-order valence-electron chi connectivity index (χ1n) is 9.76. The SMILES string of the molecule is CCCCCCC(CC)C(CC(Cc1ccccc1)N=C(N)N)OC. The molecule has 25 heavy (non-hydrogen) atoms. The van der Waals surface area contributed by atoms with Crippen LogP contribution in [0.4, 0.5) is 0 Å². The predicted octanol–water partition coefficient (Wildman–Crippen LogP) is 4.27. The van der Waals surface area contributed by atoms with Gasteiger partial charge >= 0.3 is 0 Å². The van der Waals surface area contributed by atoms with E-state index in [9.17, 15) is 0 Å². The lowest BCUT2D eigenvalue weighted by Gasteiger charge is -2.28. The van der Waals surface area contributed by atoms with E-state index in [-0.39, 0.29) is 18.1 Å². The smallest absolute Gasteiger partial charge is 0.186 e. The Kier molecular flexibility index (Phi) is 11.0. The maximum Gasteiger partial charge on any atom is 0.186 e. The monoisotopic (exact) mass is 347 g/mol. The molecule has 0 aliphatic rings. The van der Waals surface area contributed by atoms with Crippen molar-refractivity contribution in [3.05, 3.63) is 35.9 Å². The first-order chi connectivity index (χ1) is 12.1. The summed E-state index contributed by atoms with van der Waals surface area (Å²) in [6.07, 6.45) is 9.42. The summed E-state index contributed by atoms with van der Waals surface area (Å²) in [6.45, 7) is 4.50. The lowest BCUT2D eigenvalue weighted by molar-refractivity contribution is 0.0344. The van der Waals surface area contributed by atoms with Gasteiger partial charge in [-0.15, -0.1) is 0 Å². The Morgan fingerprint density at radius 2 is 1.80 bits per heavy atom. The number of benzene rings is 1. The molecule has 1 aromatic rings. The number of nitrogens with zero attached hydrogens (tertiary/aromatic N) is 1. The summed E-state index contributed by atoms with van der Waals surface area (Å²) in [6, 6.07) is 10.4. The van der Waals surface area contributed by atoms with Crippen LogP contribution in [0.3, 0.4) is 0 Å². The average molecular weight is 348 g/mol. The zero-order valence-electron chi connectivity index (χ0n) is 16.3. The third kappa shape index (κ3) is 8.92. The van der Waals surface area contributed by atoms with E-state index in [0.29, 0.717) is 5.92 Å². The molecule has 0 saturated heterocycles. The van der Waals surface area contributed by atoms with Crippen molar-refractivity contribution >= 4 is 5.96 Å². The molecule has 4 nitrogen and oxygen atoms in total. The zero-order valence-corrected chi connectivity index (χ0v) is 16.3. The fraction of sp³-hybridized carbons (Fsp3) is 0.667. The second-order valence-electron chi connectivity index (χ2n) is 6.93. The van der Waals surface area contributed by atoms with E-state index in [1.165, 1.54) is 37.7 Å². The van der Waals surface area contributed by atoms with Crippen molar-refractivity contribution in [2.75, 3.05) is 7.11 Å². The van der Waals surface area contributed by atoms with Gasteiger partial charge in [-0.25, -0.2) is 4.99 Å². The largest absolute Gasteiger partial charge is 0.381 e. The maximum absolute atomic E-state index is 5.86. The fourth-order valence-electron chi connectivity index (χ4n) is 3.51. The summed E-state index contributed by atoms with van der Waals surface area (Å²) in [5.41, 5.74) is 12.6. The molecule has 4 N–H and O–H groups in total. The average Bonchev–Trinajstić information content (AvgIpc) is 2.60. The number of unbranched alkanes of at least 4 members (excludes halogenated alkanes) is 3. The summed E-state index contributed by atoms with van der Waals surface area (Å²) in [4.78, 5) is 4.48. The summed E-state index contributed by atoms with van der Waals surface area (Å²) >= 11 is 0. The molecule has 0 aromatic heterocycles. The number of hydrogen-bond acceptors (Lipinski definition) is 2. The molecule has 0 fully saturated rings. The molecule has 3 unspecified atom stereocenters. The van der Waals surface area contributed by atoms with Crippen LogP contribution < -0.4 is 11.5 Å². The molecule has 142 valence electrons. The van der Waals surface area contributed by atoms with Crippen molar-refractivity contribution in [3.8, 4) is 0 Å². The van der Waals surface area contributed by atoms with E-state index in [0.717, 1.165) is 19.3 Å². The van der Waals surface area contributed by atoms with E-state index in [2.05, 4.69) is 43.1 Å². The van der Waals surface area contributed by atoms with Gasteiger partial charge in [-0.05, 0) is 30.7 Å². The summed E-state index contributed by atoms with van der Waals surface area (Å²) in [5, 5.41) is 0. The number of ether oxygens (including phenoxy) is 1. The summed E-state index contributed by atoms with van der Waals surface area (Å²) < 4.78 is 5.86. The number of hydrogen-bond donors (Lipinski definition) is 2. The minimum absolute atomic E-state index is 0.0574. The van der Waals surface area contributed by atoms with E-state index >= 15 is 0 Å². The molecule has 3 atom stereocenters. The highest BCUT2D eigenvalue weighted by molar-refractivity contribution is 5.75. The summed E-state index contributed by atoms with van der Waals surface area (Å²) in [7, 11) is 1.81. The number of rotatable bonds is 13. The van der Waals surface area contributed by atoms with Crippen LogP contribution in [0.25, 0.3) is 0 Å². The van der Waals surface area contributed by atoms with Crippen LogP contribution in [0.15, 0.2) is 35.3 Å². The van der Waals surface area contributed by atoms with Gasteiger partial charge in [-0.3, -0.25) is 0 Å². The minimum atomic E-state index is 0.0574. The Balaban J connectivity index is 2.71. The molecule has 0 bridgehead atoms. The minimum Gasteiger partial charge on any atom is -0.381 e. The molecule has 0 radical (unpaired) electrons. The third-order valence-electron chi connectivity index (χ3n) is 4.93. The van der Waals surface area contributed by atoms with Crippen LogP contribution in [0.1, 0.15) is 64.4 Å². The maximum atomic E-state index is 5.86. The van der Waals surface area contributed by atoms with Gasteiger partial charge in [-0.1, -0.05) is 76.3 Å². The number of nitrogens with two attached hydrogens (primary N) is 2. The second kappa shape index (κ2) is 12.8. The van der Waals surface area contributed by atoms with Crippen molar-refractivity contribution in [2.45, 2.75) is 77.4 Å². The van der Waals surface area contributed by atoms with Crippen LogP contribution in [0, 0.1) is 5.92 Å². The van der Waals surface area contributed by atoms with Gasteiger partial charge in [0.2, 0.25) is 0 Å². The topological polar surface area (TPSA) is 73.6 Å². The van der Waals surface area contributed by atoms with E-state index in [4.69, 9.17) is 16.2 Å². The number of guanidine groups is 1. The normalized spacial score (nSPS) is 14.7. The van der Waals surface area contributed by atoms with Crippen LogP contribution in [-0.2, 0) is 11.2 Å². The fourth-order valence-corrected chi connectivity index (χ4v) is 3.51. The van der Waals surface area contributed by atoms with Gasteiger partial charge in [0.05, 0.1) is 12.1 Å². The highest BCUT2D eigenvalue weighted by atomic mass is 16.5. The lowest BCUT2D eigenvalue weighted by atomic mass is 9.88. The van der Waals surface area contributed by atoms with Crippen molar-refractivity contribution in [1.29, 1.82) is 0 Å². The highest BCUT2D eigenvalue weighted by Crippen LogP contribution is 2.25. The highest BCUT2D eigenvalue weighted by Gasteiger charge is 2.23. The standard InChI is InChI=1S/C21H37N3O/c1-4-6-7-11-14-18(5-2)20(25-3)16-19(24-21(22)23)15-17-12-9-8-10-13-17/h8-10,12-13,18-20H,4-7,11,14-16H2,1-3H3,(H4,22,23,24). The van der Waals surface area contributed by atoms with Crippen molar-refractivity contribution in [3.63, 3.8) is 0 Å². The van der Waals surface area contributed by atoms with Gasteiger partial charge in [0.1, 0.15) is 0 Å². The molecule has 0 heterocycles. The Bertz CT molecular complexity index is 471. The van der Waals surface area contributed by atoms with Crippen LogP contribution >= 0.6 is 0 Å². The van der Waals surface area contributed by atoms with E-state index in [1.807, 2.05) is 13.2 Å². The van der Waals surface area contributed by atoms with E-state index in [1.54, 1.807) is 0 Å². The molecule has 4 heteroatoms. The van der Waals surface area contributed by atoms with Gasteiger partial charge in [0.25, 0.3) is 0 Å². The first-order valence-corrected chi connectivity index (χ1v) is 9.76. The second-order valence-corrected chi connectivity index (χ2v) is 6.93. The number of aliphatic imine (C=N–C) groups is 1. The van der Waals surface area contributed by atoms with Crippen molar-refractivity contribution in [2.24, 2.45) is 22.4 Å². The van der Waals surface area contributed by atoms with Crippen molar-refractivity contribution < 1.29 is 4.74 Å².